The fourth-order valence-corrected chi connectivity index (χ4v) is 2.43. The van der Waals surface area contributed by atoms with Crippen LogP contribution in [0, 0.1) is 0 Å². The number of aliphatic hydroxyl groups is 1. The average Bonchev–Trinajstić information content (AvgIpc) is 2.59. The molecule has 1 aliphatic carbocycles. The SMILES string of the molecule is O=C1OC2(CCCC2)CCN1CCO. The van der Waals surface area contributed by atoms with E-state index in [9.17, 15) is 4.79 Å². The van der Waals surface area contributed by atoms with Gasteiger partial charge in [0.15, 0.2) is 0 Å². The van der Waals surface area contributed by atoms with Crippen LogP contribution in [0.5, 0.6) is 0 Å². The van der Waals surface area contributed by atoms with Crippen molar-refractivity contribution in [3.63, 3.8) is 0 Å². The quantitative estimate of drug-likeness (QED) is 0.725. The van der Waals surface area contributed by atoms with Crippen molar-refractivity contribution in [1.29, 1.82) is 0 Å². The number of carbonyl (C=O) groups excluding carboxylic acids is 1. The molecule has 0 bridgehead atoms. The van der Waals surface area contributed by atoms with E-state index < -0.39 is 0 Å². The van der Waals surface area contributed by atoms with E-state index in [2.05, 4.69) is 0 Å². The lowest BCUT2D eigenvalue weighted by molar-refractivity contribution is -0.0462. The van der Waals surface area contributed by atoms with Crippen molar-refractivity contribution in [3.8, 4) is 0 Å². The third kappa shape index (κ3) is 1.71. The van der Waals surface area contributed by atoms with Crippen molar-refractivity contribution in [2.75, 3.05) is 19.7 Å². The molecule has 0 radical (unpaired) electrons. The average molecular weight is 199 g/mol. The molecule has 0 aromatic heterocycles. The molecule has 4 heteroatoms. The molecule has 2 aliphatic rings. The number of hydrogen-bond acceptors (Lipinski definition) is 3. The summed E-state index contributed by atoms with van der Waals surface area (Å²) in [6.07, 6.45) is 5.07. The second-order valence-electron chi connectivity index (χ2n) is 4.22. The van der Waals surface area contributed by atoms with E-state index >= 15 is 0 Å². The van der Waals surface area contributed by atoms with Gasteiger partial charge in [0.2, 0.25) is 0 Å². The maximum absolute atomic E-state index is 11.5. The minimum absolute atomic E-state index is 0.0160. The molecule has 0 unspecified atom stereocenters. The lowest BCUT2D eigenvalue weighted by Crippen LogP contribution is -2.49. The number of nitrogens with zero attached hydrogens (tertiary/aromatic N) is 1. The third-order valence-corrected chi connectivity index (χ3v) is 3.28. The van der Waals surface area contributed by atoms with Crippen LogP contribution in [-0.4, -0.2) is 41.4 Å². The highest BCUT2D eigenvalue weighted by Gasteiger charge is 2.42. The summed E-state index contributed by atoms with van der Waals surface area (Å²) in [5.41, 5.74) is -0.150. The Balaban J connectivity index is 1.95. The monoisotopic (exact) mass is 199 g/mol. The van der Waals surface area contributed by atoms with Crippen LogP contribution < -0.4 is 0 Å². The van der Waals surface area contributed by atoms with Crippen LogP contribution in [0.2, 0.25) is 0 Å². The van der Waals surface area contributed by atoms with Gasteiger partial charge in [0.1, 0.15) is 5.60 Å². The van der Waals surface area contributed by atoms with Crippen LogP contribution in [0.1, 0.15) is 32.1 Å². The summed E-state index contributed by atoms with van der Waals surface area (Å²) in [6.45, 7) is 1.15. The second kappa shape index (κ2) is 3.77. The van der Waals surface area contributed by atoms with Gasteiger partial charge >= 0.3 is 6.09 Å². The Morgan fingerprint density at radius 2 is 2.07 bits per heavy atom. The zero-order valence-corrected chi connectivity index (χ0v) is 8.37. The van der Waals surface area contributed by atoms with Crippen molar-refractivity contribution in [2.45, 2.75) is 37.7 Å². The van der Waals surface area contributed by atoms with Crippen molar-refractivity contribution >= 4 is 6.09 Å². The minimum atomic E-state index is -0.243. The van der Waals surface area contributed by atoms with Gasteiger partial charge in [0.05, 0.1) is 6.61 Å². The topological polar surface area (TPSA) is 49.8 Å². The predicted molar refractivity (Wildman–Crippen MR) is 51.0 cm³/mol. The second-order valence-corrected chi connectivity index (χ2v) is 4.22. The number of aliphatic hydroxyl groups excluding tert-OH is 1. The highest BCUT2D eigenvalue weighted by molar-refractivity contribution is 5.69. The number of amides is 1. The molecule has 1 spiro atoms. The fourth-order valence-electron chi connectivity index (χ4n) is 2.43. The van der Waals surface area contributed by atoms with E-state index in [4.69, 9.17) is 9.84 Å². The van der Waals surface area contributed by atoms with Gasteiger partial charge in [-0.25, -0.2) is 4.79 Å². The van der Waals surface area contributed by atoms with Gasteiger partial charge in [-0.2, -0.15) is 0 Å². The van der Waals surface area contributed by atoms with Crippen LogP contribution in [-0.2, 0) is 4.74 Å². The van der Waals surface area contributed by atoms with Crippen LogP contribution in [0.4, 0.5) is 4.79 Å². The van der Waals surface area contributed by atoms with Crippen LogP contribution in [0.15, 0.2) is 0 Å². The minimum Gasteiger partial charge on any atom is -0.443 e. The zero-order chi connectivity index (χ0) is 10.0. The van der Waals surface area contributed by atoms with Gasteiger partial charge in [-0.1, -0.05) is 0 Å². The zero-order valence-electron chi connectivity index (χ0n) is 8.37. The molecular formula is C10H17NO3. The van der Waals surface area contributed by atoms with Crippen LogP contribution in [0.3, 0.4) is 0 Å². The first-order chi connectivity index (χ1) is 6.76. The summed E-state index contributed by atoms with van der Waals surface area (Å²) in [5, 5.41) is 8.74. The summed E-state index contributed by atoms with van der Waals surface area (Å²) < 4.78 is 5.48. The summed E-state index contributed by atoms with van der Waals surface area (Å²) in [4.78, 5) is 13.1. The summed E-state index contributed by atoms with van der Waals surface area (Å²) >= 11 is 0. The summed E-state index contributed by atoms with van der Waals surface area (Å²) in [7, 11) is 0. The van der Waals surface area contributed by atoms with Crippen LogP contribution >= 0.6 is 0 Å². The molecule has 2 fully saturated rings. The molecule has 1 amide bonds. The van der Waals surface area contributed by atoms with Gasteiger partial charge in [-0.3, -0.25) is 0 Å². The Hall–Kier alpha value is -0.770. The first-order valence-corrected chi connectivity index (χ1v) is 5.35. The van der Waals surface area contributed by atoms with Crippen molar-refractivity contribution in [3.05, 3.63) is 0 Å². The Labute approximate surface area is 83.8 Å². The van der Waals surface area contributed by atoms with Gasteiger partial charge in [0.25, 0.3) is 0 Å². The van der Waals surface area contributed by atoms with Gasteiger partial charge in [-0.05, 0) is 25.7 Å². The van der Waals surface area contributed by atoms with E-state index in [1.165, 1.54) is 12.8 Å². The summed E-state index contributed by atoms with van der Waals surface area (Å²) in [5.74, 6) is 0. The van der Waals surface area contributed by atoms with Crippen molar-refractivity contribution in [1.82, 2.24) is 4.90 Å². The maximum Gasteiger partial charge on any atom is 0.410 e. The molecule has 0 atom stereocenters. The molecule has 2 rings (SSSR count). The molecule has 0 aromatic rings. The van der Waals surface area contributed by atoms with Crippen molar-refractivity contribution in [2.24, 2.45) is 0 Å². The Morgan fingerprint density at radius 3 is 2.64 bits per heavy atom. The molecule has 1 saturated heterocycles. The lowest BCUT2D eigenvalue weighted by atomic mass is 9.96. The molecule has 1 heterocycles. The molecular weight excluding hydrogens is 182 g/mol. The van der Waals surface area contributed by atoms with Gasteiger partial charge in [0, 0.05) is 19.5 Å². The number of rotatable bonds is 2. The summed E-state index contributed by atoms with van der Waals surface area (Å²) in [6, 6.07) is 0. The van der Waals surface area contributed by atoms with Gasteiger partial charge in [-0.15, -0.1) is 0 Å². The van der Waals surface area contributed by atoms with Crippen molar-refractivity contribution < 1.29 is 14.6 Å². The number of β-amino-alcohol motifs (C(OH)–C–C–N with tert-alkyl or cyclic N) is 1. The lowest BCUT2D eigenvalue weighted by Gasteiger charge is -2.38. The molecule has 1 saturated carbocycles. The number of carbonyl (C=O) groups is 1. The standard InChI is InChI=1S/C10H17NO3/c12-8-7-11-6-5-10(14-9(11)13)3-1-2-4-10/h12H,1-8H2. The Kier molecular flexibility index (Phi) is 2.63. The van der Waals surface area contributed by atoms with E-state index in [0.717, 1.165) is 25.8 Å². The normalized spacial score (nSPS) is 25.5. The van der Waals surface area contributed by atoms with E-state index in [-0.39, 0.29) is 18.3 Å². The fraction of sp³-hybridized carbons (Fsp3) is 0.900. The molecule has 0 aromatic carbocycles. The van der Waals surface area contributed by atoms with Crippen LogP contribution in [0.25, 0.3) is 0 Å². The maximum atomic E-state index is 11.5. The predicted octanol–water partition coefficient (Wildman–Crippen LogP) is 1.13. The molecule has 1 N–H and O–H groups in total. The first kappa shape index (κ1) is 9.77. The highest BCUT2D eigenvalue weighted by Crippen LogP contribution is 2.38. The Bertz CT molecular complexity index is 223. The van der Waals surface area contributed by atoms with E-state index in [0.29, 0.717) is 6.54 Å². The molecule has 14 heavy (non-hydrogen) atoms. The number of ether oxygens (including phenoxy) is 1. The van der Waals surface area contributed by atoms with Gasteiger partial charge < -0.3 is 14.7 Å². The largest absolute Gasteiger partial charge is 0.443 e. The Morgan fingerprint density at radius 1 is 1.36 bits per heavy atom. The smallest absolute Gasteiger partial charge is 0.410 e. The van der Waals surface area contributed by atoms with E-state index in [1.807, 2.05) is 0 Å². The molecule has 4 nitrogen and oxygen atoms in total. The number of hydrogen-bond donors (Lipinski definition) is 1. The molecule has 80 valence electrons. The van der Waals surface area contributed by atoms with E-state index in [1.54, 1.807) is 4.90 Å². The third-order valence-electron chi connectivity index (χ3n) is 3.28. The molecule has 1 aliphatic heterocycles. The highest BCUT2D eigenvalue weighted by atomic mass is 16.6. The first-order valence-electron chi connectivity index (χ1n) is 5.35.